The summed E-state index contributed by atoms with van der Waals surface area (Å²) in [6, 6.07) is 0. The number of fused-ring (bicyclic) bond motifs is 3. The first-order valence-corrected chi connectivity index (χ1v) is 17.1. The van der Waals surface area contributed by atoms with E-state index in [1.165, 1.54) is 31.0 Å². The molecule has 4 aromatic heterocycles. The second-order valence-corrected chi connectivity index (χ2v) is 13.4. The summed E-state index contributed by atoms with van der Waals surface area (Å²) in [6.07, 6.45) is -6.24. The zero-order valence-corrected chi connectivity index (χ0v) is 27.0. The number of phosphoric acid groups is 2. The fourth-order valence-electron chi connectivity index (χ4n) is 5.14. The normalized spacial score (nSPS) is 32.7. The molecule has 4 aromatic rings. The summed E-state index contributed by atoms with van der Waals surface area (Å²) in [4.78, 5) is 71.0. The lowest BCUT2D eigenvalue weighted by molar-refractivity contribution is -0.114. The van der Waals surface area contributed by atoms with Gasteiger partial charge in [0.15, 0.2) is 28.6 Å². The minimum atomic E-state index is -5.04. The van der Waals surface area contributed by atoms with Gasteiger partial charge in [0, 0.05) is 6.21 Å². The summed E-state index contributed by atoms with van der Waals surface area (Å²) in [7, 11) is -9.94. The number of imidazole rings is 2. The smallest absolute Gasteiger partial charge is 0.386 e. The number of aliphatic imine (C=N–C) groups is 1. The number of nitrogen functional groups attached to an aromatic ring is 1. The first kappa shape index (κ1) is 34.1. The maximum absolute atomic E-state index is 13.2. The number of hydrogen-bond acceptors (Lipinski definition) is 17. The molecule has 23 nitrogen and oxygen atoms in total. The molecule has 48 heavy (non-hydrogen) atoms. The number of aliphatic hydroxyl groups is 1. The van der Waals surface area contributed by atoms with E-state index in [0.717, 1.165) is 10.9 Å². The molecule has 7 N–H and O–H groups in total. The summed E-state index contributed by atoms with van der Waals surface area (Å²) in [6.45, 7) is 2.94. The van der Waals surface area contributed by atoms with Crippen LogP contribution in [0.4, 0.5) is 11.9 Å². The number of nitrogens with zero attached hydrogens (tertiary/aromatic N) is 7. The zero-order valence-electron chi connectivity index (χ0n) is 25.2. The molecule has 0 aromatic carbocycles. The summed E-state index contributed by atoms with van der Waals surface area (Å²) in [5.41, 5.74) is 4.22. The predicted molar refractivity (Wildman–Crippen MR) is 161 cm³/mol. The molecule has 6 rings (SSSR count). The van der Waals surface area contributed by atoms with Crippen LogP contribution in [0.5, 0.6) is 0 Å². The van der Waals surface area contributed by atoms with E-state index in [-0.39, 0.29) is 34.2 Å². The standard InChI is InChI=1S/C23H30N10O13P2/c1-4-25-23-29-18-14(20(36)31-23)26-7-32(18)10(3)43-11-5-41-48(39,40)46-16-12(6-42-47(37,38)45-9(11)2)44-21(15(16)34)33-8-27-13-17(33)28-22(24)30-19(13)35/h4,7-12,15-16,21,34H,5-6H2,1-3H3,(H,37,38)(H,39,40)(H,29,31,36)(H3,24,28,30,35)/t9?,10-,11-,12-,15?,16?,21-/m1/s1. The van der Waals surface area contributed by atoms with Crippen molar-refractivity contribution in [3.63, 3.8) is 0 Å². The van der Waals surface area contributed by atoms with Gasteiger partial charge in [-0.15, -0.1) is 0 Å². The first-order valence-electron chi connectivity index (χ1n) is 14.1. The molecule has 2 aliphatic heterocycles. The van der Waals surface area contributed by atoms with Gasteiger partial charge in [0.05, 0.1) is 32.0 Å². The van der Waals surface area contributed by atoms with Crippen molar-refractivity contribution in [3.05, 3.63) is 33.4 Å². The van der Waals surface area contributed by atoms with Crippen molar-refractivity contribution in [1.29, 1.82) is 0 Å². The monoisotopic (exact) mass is 716 g/mol. The van der Waals surface area contributed by atoms with Gasteiger partial charge in [-0.25, -0.2) is 24.1 Å². The number of phosphoric ester groups is 2. The average Bonchev–Trinajstić information content (AvgIpc) is 3.70. The van der Waals surface area contributed by atoms with Crippen LogP contribution in [0.3, 0.4) is 0 Å². The molecule has 0 aliphatic carbocycles. The van der Waals surface area contributed by atoms with Crippen LogP contribution in [0, 0.1) is 0 Å². The third kappa shape index (κ3) is 6.75. The van der Waals surface area contributed by atoms with Crippen LogP contribution in [0.1, 0.15) is 33.2 Å². The highest BCUT2D eigenvalue weighted by molar-refractivity contribution is 7.47. The Kier molecular flexibility index (Phi) is 9.21. The number of nitrogens with one attached hydrogen (secondary N) is 2. The highest BCUT2D eigenvalue weighted by Gasteiger charge is 2.51. The molecule has 0 bridgehead atoms. The number of ether oxygens (including phenoxy) is 2. The van der Waals surface area contributed by atoms with E-state index in [9.17, 15) is 33.6 Å². The number of aromatic nitrogens is 8. The van der Waals surface area contributed by atoms with E-state index >= 15 is 0 Å². The number of aliphatic hydroxyl groups excluding tert-OH is 1. The van der Waals surface area contributed by atoms with E-state index < -0.39 is 83.0 Å². The minimum Gasteiger partial charge on any atom is -0.386 e. The lowest BCUT2D eigenvalue weighted by atomic mass is 10.1. The Hall–Kier alpha value is -3.73. The third-order valence-corrected chi connectivity index (χ3v) is 9.41. The number of nitrogens with two attached hydrogens (primary N) is 1. The van der Waals surface area contributed by atoms with Crippen LogP contribution >= 0.6 is 15.6 Å². The summed E-state index contributed by atoms with van der Waals surface area (Å²) >= 11 is 0. The van der Waals surface area contributed by atoms with Crippen LogP contribution in [0.25, 0.3) is 22.3 Å². The van der Waals surface area contributed by atoms with Gasteiger partial charge >= 0.3 is 15.6 Å². The topological polar surface area (TPSA) is 316 Å². The van der Waals surface area contributed by atoms with E-state index in [0.29, 0.717) is 0 Å². The molecule has 6 heterocycles. The van der Waals surface area contributed by atoms with Crippen molar-refractivity contribution in [2.75, 3.05) is 18.9 Å². The average molecular weight is 716 g/mol. The predicted octanol–water partition coefficient (Wildman–Crippen LogP) is -0.243. The van der Waals surface area contributed by atoms with Crippen molar-refractivity contribution in [2.45, 2.75) is 63.7 Å². The number of hydrogen-bond donors (Lipinski definition) is 6. The molecule has 5 unspecified atom stereocenters. The largest absolute Gasteiger partial charge is 0.472 e. The highest BCUT2D eigenvalue weighted by Crippen LogP contribution is 2.52. The minimum absolute atomic E-state index is 0.000582. The highest BCUT2D eigenvalue weighted by atomic mass is 31.2. The lowest BCUT2D eigenvalue weighted by Crippen LogP contribution is -2.38. The van der Waals surface area contributed by atoms with Crippen molar-refractivity contribution in [1.82, 2.24) is 39.0 Å². The fourth-order valence-corrected chi connectivity index (χ4v) is 7.06. The zero-order chi connectivity index (χ0) is 34.5. The van der Waals surface area contributed by atoms with Gasteiger partial charge in [-0.05, 0) is 20.8 Å². The quantitative estimate of drug-likeness (QED) is 0.115. The second-order valence-electron chi connectivity index (χ2n) is 10.6. The molecular formula is C23H30N10O13P2. The molecule has 0 spiro atoms. The molecule has 2 aliphatic rings. The number of aromatic amines is 2. The maximum atomic E-state index is 13.2. The molecule has 2 fully saturated rings. The number of H-pyrrole nitrogens is 2. The van der Waals surface area contributed by atoms with Gasteiger partial charge in [-0.1, -0.05) is 0 Å². The van der Waals surface area contributed by atoms with E-state index in [4.69, 9.17) is 33.3 Å². The number of anilines is 1. The van der Waals surface area contributed by atoms with Crippen LogP contribution in [-0.4, -0.2) is 104 Å². The Bertz CT molecular complexity index is 2080. The Labute approximate surface area is 267 Å². The van der Waals surface area contributed by atoms with Crippen LogP contribution in [-0.2, 0) is 36.7 Å². The Balaban J connectivity index is 1.26. The molecule has 25 heteroatoms. The molecule has 0 saturated carbocycles. The Morgan fingerprint density at radius 3 is 2.48 bits per heavy atom. The summed E-state index contributed by atoms with van der Waals surface area (Å²) < 4.78 is 61.4. The summed E-state index contributed by atoms with van der Waals surface area (Å²) in [5, 5.41) is 11.2. The van der Waals surface area contributed by atoms with Gasteiger partial charge in [0.1, 0.15) is 30.6 Å². The molecule has 0 amide bonds. The first-order chi connectivity index (χ1) is 22.7. The molecular weight excluding hydrogens is 686 g/mol. The van der Waals surface area contributed by atoms with Crippen molar-refractivity contribution >= 4 is 56.1 Å². The van der Waals surface area contributed by atoms with Gasteiger partial charge in [0.2, 0.25) is 11.9 Å². The number of rotatable bonds is 5. The SMILES string of the molecule is CC=Nc1nc2c(ncn2[C@@H](C)O[C@@H]2COP(=O)(O)OC3C(O)[C@H](n4cnc5c(=O)[nH]c(N)nc54)O[C@@H]3COP(=O)(O)OC2C)c(=O)[nH]1. The van der Waals surface area contributed by atoms with E-state index in [2.05, 4.69) is 34.9 Å². The Morgan fingerprint density at radius 1 is 1.06 bits per heavy atom. The van der Waals surface area contributed by atoms with Crippen LogP contribution in [0.2, 0.25) is 0 Å². The fraction of sp³-hybridized carbons (Fsp3) is 0.522. The second kappa shape index (κ2) is 12.9. The van der Waals surface area contributed by atoms with Crippen LogP contribution in [0.15, 0.2) is 27.2 Å². The van der Waals surface area contributed by atoms with E-state index in [1.807, 2.05) is 0 Å². The summed E-state index contributed by atoms with van der Waals surface area (Å²) in [5.74, 6) is -0.262. The lowest BCUT2D eigenvalue weighted by Gasteiger charge is -2.31. The van der Waals surface area contributed by atoms with E-state index in [1.54, 1.807) is 6.92 Å². The molecule has 2 saturated heterocycles. The van der Waals surface area contributed by atoms with Gasteiger partial charge < -0.3 is 30.1 Å². The van der Waals surface area contributed by atoms with Gasteiger partial charge in [0.25, 0.3) is 11.1 Å². The third-order valence-electron chi connectivity index (χ3n) is 7.35. The van der Waals surface area contributed by atoms with Crippen molar-refractivity contribution in [3.8, 4) is 0 Å². The molecule has 9 atom stereocenters. The Morgan fingerprint density at radius 2 is 1.73 bits per heavy atom. The van der Waals surface area contributed by atoms with Crippen molar-refractivity contribution in [2.24, 2.45) is 4.99 Å². The van der Waals surface area contributed by atoms with Crippen molar-refractivity contribution < 1.29 is 51.6 Å². The van der Waals surface area contributed by atoms with Gasteiger partial charge in [-0.3, -0.25) is 46.8 Å². The van der Waals surface area contributed by atoms with Gasteiger partial charge in [-0.2, -0.15) is 9.97 Å². The molecule has 0 radical (unpaired) electrons. The molecule has 260 valence electrons. The maximum Gasteiger partial charge on any atom is 0.472 e. The van der Waals surface area contributed by atoms with Crippen LogP contribution < -0.4 is 16.9 Å².